The first-order valence-corrected chi connectivity index (χ1v) is 5.40. The monoisotopic (exact) mass is 231 g/mol. The first-order chi connectivity index (χ1) is 7.51. The second kappa shape index (κ2) is 8.06. The maximum atomic E-state index is 11.5. The van der Waals surface area contributed by atoms with Gasteiger partial charge in [-0.3, -0.25) is 10.1 Å². The molecule has 0 aliphatic heterocycles. The predicted octanol–water partition coefficient (Wildman–Crippen LogP) is -0.155. The van der Waals surface area contributed by atoms with Gasteiger partial charge in [0.25, 0.3) is 5.91 Å². The number of hydrogen-bond acceptors (Lipinski definition) is 4. The van der Waals surface area contributed by atoms with Gasteiger partial charge in [0.2, 0.25) is 0 Å². The van der Waals surface area contributed by atoms with Crippen molar-refractivity contribution in [2.24, 2.45) is 0 Å². The average Bonchev–Trinajstić information content (AvgIpc) is 2.17. The lowest BCUT2D eigenvalue weighted by molar-refractivity contribution is -0.133. The van der Waals surface area contributed by atoms with E-state index in [-0.39, 0.29) is 6.10 Å². The number of urea groups is 1. The summed E-state index contributed by atoms with van der Waals surface area (Å²) < 4.78 is 5.38. The van der Waals surface area contributed by atoms with Crippen LogP contribution in [0.2, 0.25) is 0 Å². The Kier molecular flexibility index (Phi) is 7.49. The van der Waals surface area contributed by atoms with Gasteiger partial charge >= 0.3 is 6.03 Å². The van der Waals surface area contributed by atoms with Gasteiger partial charge in [0.15, 0.2) is 0 Å². The molecular formula is C10H21N3O3. The van der Waals surface area contributed by atoms with E-state index in [0.717, 1.165) is 0 Å². The van der Waals surface area contributed by atoms with E-state index < -0.39 is 18.0 Å². The summed E-state index contributed by atoms with van der Waals surface area (Å²) in [6, 6.07) is -0.496. The first kappa shape index (κ1) is 14.9. The fourth-order valence-corrected chi connectivity index (χ4v) is 1.16. The highest BCUT2D eigenvalue weighted by Gasteiger charge is 2.18. The molecular weight excluding hydrogens is 210 g/mol. The summed E-state index contributed by atoms with van der Waals surface area (Å²) in [5.74, 6) is -0.436. The van der Waals surface area contributed by atoms with Crippen molar-refractivity contribution in [3.05, 3.63) is 0 Å². The zero-order valence-electron chi connectivity index (χ0n) is 10.3. The quantitative estimate of drug-likeness (QED) is 0.593. The fourth-order valence-electron chi connectivity index (χ4n) is 1.16. The molecule has 6 heteroatoms. The van der Waals surface area contributed by atoms with Crippen molar-refractivity contribution < 1.29 is 14.3 Å². The molecule has 0 radical (unpaired) electrons. The molecule has 0 bridgehead atoms. The van der Waals surface area contributed by atoms with Crippen LogP contribution in [0.15, 0.2) is 0 Å². The standard InChI is InChI=1S/C10H21N3O3/c1-5-12-10(15)13-9(14)8(3)16-7(2)6-11-4/h7-8,11H,5-6H2,1-4H3,(H2,12,13,14,15). The van der Waals surface area contributed by atoms with Gasteiger partial charge in [0.1, 0.15) is 6.10 Å². The number of hydrogen-bond donors (Lipinski definition) is 3. The third kappa shape index (κ3) is 6.36. The van der Waals surface area contributed by atoms with E-state index in [2.05, 4.69) is 16.0 Å². The van der Waals surface area contributed by atoms with Gasteiger partial charge in [-0.1, -0.05) is 0 Å². The second-order valence-corrected chi connectivity index (χ2v) is 3.50. The zero-order valence-corrected chi connectivity index (χ0v) is 10.3. The number of carbonyl (C=O) groups excluding carboxylic acids is 2. The SMILES string of the molecule is CCNC(=O)NC(=O)C(C)OC(C)CNC. The number of nitrogens with one attached hydrogen (secondary N) is 3. The highest BCUT2D eigenvalue weighted by atomic mass is 16.5. The topological polar surface area (TPSA) is 79.5 Å². The minimum absolute atomic E-state index is 0.0833. The van der Waals surface area contributed by atoms with Crippen LogP contribution in [-0.4, -0.2) is 44.3 Å². The highest BCUT2D eigenvalue weighted by molar-refractivity contribution is 5.96. The van der Waals surface area contributed by atoms with Crippen molar-refractivity contribution in [1.29, 1.82) is 0 Å². The van der Waals surface area contributed by atoms with E-state index in [1.165, 1.54) is 0 Å². The van der Waals surface area contributed by atoms with Gasteiger partial charge in [-0.05, 0) is 27.8 Å². The molecule has 94 valence electrons. The number of imide groups is 1. The van der Waals surface area contributed by atoms with E-state index in [1.54, 1.807) is 20.9 Å². The van der Waals surface area contributed by atoms with Crippen molar-refractivity contribution >= 4 is 11.9 Å². The molecule has 16 heavy (non-hydrogen) atoms. The molecule has 2 unspecified atom stereocenters. The van der Waals surface area contributed by atoms with Crippen LogP contribution in [0.5, 0.6) is 0 Å². The van der Waals surface area contributed by atoms with Crippen molar-refractivity contribution in [2.45, 2.75) is 33.0 Å². The molecule has 2 atom stereocenters. The summed E-state index contributed by atoms with van der Waals surface area (Å²) in [6.45, 7) is 6.37. The van der Waals surface area contributed by atoms with Crippen LogP contribution in [0, 0.1) is 0 Å². The lowest BCUT2D eigenvalue weighted by Gasteiger charge is -2.18. The molecule has 0 heterocycles. The van der Waals surface area contributed by atoms with Gasteiger partial charge < -0.3 is 15.4 Å². The van der Waals surface area contributed by atoms with Crippen LogP contribution in [-0.2, 0) is 9.53 Å². The molecule has 0 saturated heterocycles. The lowest BCUT2D eigenvalue weighted by atomic mass is 10.3. The van der Waals surface area contributed by atoms with Crippen LogP contribution in [0.4, 0.5) is 4.79 Å². The average molecular weight is 231 g/mol. The van der Waals surface area contributed by atoms with Gasteiger partial charge in [0.05, 0.1) is 6.10 Å². The van der Waals surface area contributed by atoms with Crippen LogP contribution < -0.4 is 16.0 Å². The number of carbonyl (C=O) groups is 2. The lowest BCUT2D eigenvalue weighted by Crippen LogP contribution is -2.45. The molecule has 6 nitrogen and oxygen atoms in total. The molecule has 0 saturated carbocycles. The molecule has 0 aliphatic carbocycles. The molecule has 0 spiro atoms. The van der Waals surface area contributed by atoms with Gasteiger partial charge in [-0.25, -0.2) is 4.79 Å². The Balaban J connectivity index is 3.94. The summed E-state index contributed by atoms with van der Waals surface area (Å²) in [4.78, 5) is 22.5. The van der Waals surface area contributed by atoms with Gasteiger partial charge in [0, 0.05) is 13.1 Å². The van der Waals surface area contributed by atoms with E-state index in [0.29, 0.717) is 13.1 Å². The molecule has 0 aromatic rings. The Bertz CT molecular complexity index is 233. The Morgan fingerprint density at radius 1 is 1.31 bits per heavy atom. The van der Waals surface area contributed by atoms with Gasteiger partial charge in [-0.15, -0.1) is 0 Å². The van der Waals surface area contributed by atoms with Crippen molar-refractivity contribution in [3.8, 4) is 0 Å². The Morgan fingerprint density at radius 3 is 2.44 bits per heavy atom. The number of amides is 3. The molecule has 0 aliphatic rings. The Labute approximate surface area is 96.1 Å². The summed E-state index contributed by atoms with van der Waals surface area (Å²) in [5, 5.41) is 7.60. The second-order valence-electron chi connectivity index (χ2n) is 3.50. The molecule has 0 aromatic heterocycles. The minimum Gasteiger partial charge on any atom is -0.364 e. The number of rotatable bonds is 6. The van der Waals surface area contributed by atoms with Gasteiger partial charge in [-0.2, -0.15) is 0 Å². The Morgan fingerprint density at radius 2 is 1.94 bits per heavy atom. The zero-order chi connectivity index (χ0) is 12.6. The van der Waals surface area contributed by atoms with Crippen molar-refractivity contribution in [3.63, 3.8) is 0 Å². The largest absolute Gasteiger partial charge is 0.364 e. The van der Waals surface area contributed by atoms with E-state index in [1.807, 2.05) is 6.92 Å². The van der Waals surface area contributed by atoms with Crippen LogP contribution in [0.3, 0.4) is 0 Å². The smallest absolute Gasteiger partial charge is 0.321 e. The number of likely N-dealkylation sites (N-methyl/N-ethyl adjacent to an activating group) is 1. The number of ether oxygens (including phenoxy) is 1. The normalized spacial score (nSPS) is 14.0. The van der Waals surface area contributed by atoms with Crippen molar-refractivity contribution in [2.75, 3.05) is 20.1 Å². The Hall–Kier alpha value is -1.14. The summed E-state index contributed by atoms with van der Waals surface area (Å²) >= 11 is 0. The summed E-state index contributed by atoms with van der Waals surface area (Å²) in [7, 11) is 1.80. The maximum Gasteiger partial charge on any atom is 0.321 e. The van der Waals surface area contributed by atoms with Crippen LogP contribution in [0.1, 0.15) is 20.8 Å². The van der Waals surface area contributed by atoms with Crippen LogP contribution >= 0.6 is 0 Å². The molecule has 3 amide bonds. The third-order valence-electron chi connectivity index (χ3n) is 1.87. The van der Waals surface area contributed by atoms with Crippen LogP contribution in [0.25, 0.3) is 0 Å². The molecule has 0 rings (SSSR count). The van der Waals surface area contributed by atoms with Crippen molar-refractivity contribution in [1.82, 2.24) is 16.0 Å². The third-order valence-corrected chi connectivity index (χ3v) is 1.87. The summed E-state index contributed by atoms with van der Waals surface area (Å²) in [5.41, 5.74) is 0. The molecule has 0 fully saturated rings. The predicted molar refractivity (Wildman–Crippen MR) is 61.2 cm³/mol. The minimum atomic E-state index is -0.647. The van der Waals surface area contributed by atoms with E-state index in [9.17, 15) is 9.59 Å². The highest BCUT2D eigenvalue weighted by Crippen LogP contribution is 1.97. The molecule has 0 aromatic carbocycles. The first-order valence-electron chi connectivity index (χ1n) is 5.40. The fraction of sp³-hybridized carbons (Fsp3) is 0.800. The summed E-state index contributed by atoms with van der Waals surface area (Å²) in [6.07, 6.45) is -0.731. The van der Waals surface area contributed by atoms with E-state index >= 15 is 0 Å². The molecule has 3 N–H and O–H groups in total. The van der Waals surface area contributed by atoms with E-state index in [4.69, 9.17) is 4.74 Å². The maximum absolute atomic E-state index is 11.5.